The minimum Gasteiger partial charge on any atom is -0.497 e. The van der Waals surface area contributed by atoms with Crippen LogP contribution in [0.1, 0.15) is 25.3 Å². The Hall–Kier alpha value is -2.24. The van der Waals surface area contributed by atoms with Gasteiger partial charge in [-0.15, -0.1) is 0 Å². The van der Waals surface area contributed by atoms with Crippen LogP contribution in [0.2, 0.25) is 0 Å². The molecule has 0 aliphatic carbocycles. The molecule has 6 heteroatoms. The first-order chi connectivity index (χ1) is 12.0. The topological polar surface area (TPSA) is 57.2 Å². The molecule has 1 fully saturated rings. The third-order valence-electron chi connectivity index (χ3n) is 4.42. The first kappa shape index (κ1) is 19.1. The van der Waals surface area contributed by atoms with Crippen molar-refractivity contribution >= 4 is 11.9 Å². The van der Waals surface area contributed by atoms with Gasteiger partial charge >= 0.3 is 0 Å². The van der Waals surface area contributed by atoms with E-state index in [1.165, 1.54) is 6.42 Å². The minimum atomic E-state index is 0.0437. The van der Waals surface area contributed by atoms with Gasteiger partial charge in [0.25, 0.3) is 0 Å². The fourth-order valence-corrected chi connectivity index (χ4v) is 2.86. The Labute approximate surface area is 150 Å². The van der Waals surface area contributed by atoms with Gasteiger partial charge in [0.2, 0.25) is 5.91 Å². The normalized spacial score (nSPS) is 18.0. The van der Waals surface area contributed by atoms with Gasteiger partial charge in [-0.3, -0.25) is 4.79 Å². The Morgan fingerprint density at radius 2 is 2.08 bits per heavy atom. The van der Waals surface area contributed by atoms with Crippen LogP contribution in [0.4, 0.5) is 0 Å². The lowest BCUT2D eigenvalue weighted by Crippen LogP contribution is -2.48. The van der Waals surface area contributed by atoms with E-state index in [9.17, 15) is 4.79 Å². The third-order valence-corrected chi connectivity index (χ3v) is 4.42. The number of nitrogens with one attached hydrogen (secondary N) is 1. The number of carbonyl (C=O) groups is 1. The van der Waals surface area contributed by atoms with Crippen molar-refractivity contribution in [2.45, 2.75) is 26.3 Å². The number of guanidine groups is 1. The highest BCUT2D eigenvalue weighted by Gasteiger charge is 2.20. The summed E-state index contributed by atoms with van der Waals surface area (Å²) in [4.78, 5) is 20.5. The number of aliphatic imine (C=N–C) groups is 1. The summed E-state index contributed by atoms with van der Waals surface area (Å²) < 4.78 is 5.19. The molecule has 0 saturated carbocycles. The Morgan fingerprint density at radius 3 is 2.68 bits per heavy atom. The highest BCUT2D eigenvalue weighted by molar-refractivity contribution is 5.86. The van der Waals surface area contributed by atoms with Gasteiger partial charge in [0, 0.05) is 27.2 Å². The molecule has 1 aliphatic heterocycles. The van der Waals surface area contributed by atoms with E-state index in [-0.39, 0.29) is 12.5 Å². The predicted octanol–water partition coefficient (Wildman–Crippen LogP) is 1.96. The third kappa shape index (κ3) is 5.96. The Bertz CT molecular complexity index is 584. The lowest BCUT2D eigenvalue weighted by molar-refractivity contribution is -0.127. The minimum absolute atomic E-state index is 0.0437. The van der Waals surface area contributed by atoms with Crippen molar-refractivity contribution < 1.29 is 9.53 Å². The first-order valence-electron chi connectivity index (χ1n) is 8.86. The first-order valence-corrected chi connectivity index (χ1v) is 8.86. The molecule has 1 saturated heterocycles. The van der Waals surface area contributed by atoms with Crippen LogP contribution in [-0.2, 0) is 11.3 Å². The van der Waals surface area contributed by atoms with Crippen LogP contribution in [0.3, 0.4) is 0 Å². The molecule has 138 valence electrons. The molecule has 0 spiro atoms. The molecule has 1 amide bonds. The maximum Gasteiger partial charge on any atom is 0.241 e. The average molecular weight is 346 g/mol. The zero-order chi connectivity index (χ0) is 18.2. The second-order valence-electron chi connectivity index (χ2n) is 6.82. The molecule has 1 aromatic rings. The smallest absolute Gasteiger partial charge is 0.241 e. The number of benzene rings is 1. The van der Waals surface area contributed by atoms with Crippen LogP contribution in [-0.4, -0.2) is 62.5 Å². The summed E-state index contributed by atoms with van der Waals surface area (Å²) in [5, 5.41) is 3.24. The van der Waals surface area contributed by atoms with E-state index in [1.807, 2.05) is 24.3 Å². The average Bonchev–Trinajstić information content (AvgIpc) is 2.61. The molecular formula is C19H30N4O2. The number of ether oxygens (including phenoxy) is 1. The Kier molecular flexibility index (Phi) is 7.10. The highest BCUT2D eigenvalue weighted by atomic mass is 16.5. The molecule has 1 N–H and O–H groups in total. The van der Waals surface area contributed by atoms with E-state index < -0.39 is 0 Å². The van der Waals surface area contributed by atoms with E-state index in [1.54, 1.807) is 26.1 Å². The number of amides is 1. The molecule has 25 heavy (non-hydrogen) atoms. The van der Waals surface area contributed by atoms with E-state index in [0.29, 0.717) is 12.5 Å². The molecule has 6 nitrogen and oxygen atoms in total. The largest absolute Gasteiger partial charge is 0.497 e. The van der Waals surface area contributed by atoms with Gasteiger partial charge in [0.15, 0.2) is 5.96 Å². The molecule has 1 aromatic carbocycles. The molecule has 0 bridgehead atoms. The van der Waals surface area contributed by atoms with Gasteiger partial charge in [-0.05, 0) is 36.5 Å². The Balaban J connectivity index is 2.06. The van der Waals surface area contributed by atoms with Gasteiger partial charge in [-0.1, -0.05) is 19.1 Å². The van der Waals surface area contributed by atoms with Gasteiger partial charge in [-0.25, -0.2) is 4.99 Å². The molecule has 1 aliphatic rings. The number of carbonyl (C=O) groups excluding carboxylic acids is 1. The van der Waals surface area contributed by atoms with E-state index >= 15 is 0 Å². The summed E-state index contributed by atoms with van der Waals surface area (Å²) in [5.74, 6) is 2.35. The van der Waals surface area contributed by atoms with Crippen molar-refractivity contribution in [1.82, 2.24) is 15.1 Å². The number of likely N-dealkylation sites (N-methyl/N-ethyl adjacent to an activating group) is 1. The zero-order valence-electron chi connectivity index (χ0n) is 15.8. The quantitative estimate of drug-likeness (QED) is 0.654. The van der Waals surface area contributed by atoms with Gasteiger partial charge in [0.1, 0.15) is 5.75 Å². The number of rotatable bonds is 5. The van der Waals surface area contributed by atoms with Crippen molar-refractivity contribution in [1.29, 1.82) is 0 Å². The molecule has 1 unspecified atom stereocenters. The highest BCUT2D eigenvalue weighted by Crippen LogP contribution is 2.16. The van der Waals surface area contributed by atoms with Crippen molar-refractivity contribution in [2.75, 3.05) is 40.8 Å². The fourth-order valence-electron chi connectivity index (χ4n) is 2.86. The summed E-state index contributed by atoms with van der Waals surface area (Å²) in [6.45, 7) is 5.06. The second kappa shape index (κ2) is 9.30. The van der Waals surface area contributed by atoms with Crippen molar-refractivity contribution in [3.05, 3.63) is 29.8 Å². The summed E-state index contributed by atoms with van der Waals surface area (Å²) in [7, 11) is 5.19. The lowest BCUT2D eigenvalue weighted by atomic mass is 10.0. The van der Waals surface area contributed by atoms with Crippen LogP contribution < -0.4 is 10.1 Å². The van der Waals surface area contributed by atoms with Crippen LogP contribution >= 0.6 is 0 Å². The molecule has 2 rings (SSSR count). The number of hydrogen-bond donors (Lipinski definition) is 1. The standard InChI is InChI=1S/C19H30N4O2/c1-15-6-5-11-23(14-15)19(21-13-18(24)22(2)3)20-12-16-7-9-17(25-4)10-8-16/h7-10,15H,5-6,11-14H2,1-4H3,(H,20,21). The van der Waals surface area contributed by atoms with E-state index in [2.05, 4.69) is 17.1 Å². The van der Waals surface area contributed by atoms with Gasteiger partial charge in [-0.2, -0.15) is 0 Å². The van der Waals surface area contributed by atoms with E-state index in [0.717, 1.165) is 36.8 Å². The molecular weight excluding hydrogens is 316 g/mol. The Morgan fingerprint density at radius 1 is 1.36 bits per heavy atom. The monoisotopic (exact) mass is 346 g/mol. The molecule has 0 radical (unpaired) electrons. The maximum absolute atomic E-state index is 11.9. The van der Waals surface area contributed by atoms with Gasteiger partial charge < -0.3 is 19.9 Å². The number of methoxy groups -OCH3 is 1. The van der Waals surface area contributed by atoms with Crippen molar-refractivity contribution in [3.63, 3.8) is 0 Å². The molecule has 1 atom stereocenters. The number of nitrogens with zero attached hydrogens (tertiary/aromatic N) is 3. The number of hydrogen-bond acceptors (Lipinski definition) is 3. The van der Waals surface area contributed by atoms with Crippen LogP contribution in [0.15, 0.2) is 29.3 Å². The molecule has 0 aromatic heterocycles. The summed E-state index contributed by atoms with van der Waals surface area (Å²) in [6, 6.07) is 7.92. The van der Waals surface area contributed by atoms with Crippen molar-refractivity contribution in [2.24, 2.45) is 10.9 Å². The second-order valence-corrected chi connectivity index (χ2v) is 6.82. The number of likely N-dealkylation sites (tertiary alicyclic amines) is 1. The van der Waals surface area contributed by atoms with Crippen LogP contribution in [0, 0.1) is 5.92 Å². The number of piperidine rings is 1. The summed E-state index contributed by atoms with van der Waals surface area (Å²) in [6.07, 6.45) is 2.41. The fraction of sp³-hybridized carbons (Fsp3) is 0.579. The van der Waals surface area contributed by atoms with E-state index in [4.69, 9.17) is 9.73 Å². The van der Waals surface area contributed by atoms with Crippen LogP contribution in [0.5, 0.6) is 5.75 Å². The van der Waals surface area contributed by atoms with Gasteiger partial charge in [0.05, 0.1) is 20.2 Å². The summed E-state index contributed by atoms with van der Waals surface area (Å²) >= 11 is 0. The maximum atomic E-state index is 11.9. The molecule has 1 heterocycles. The van der Waals surface area contributed by atoms with Crippen molar-refractivity contribution in [3.8, 4) is 5.75 Å². The SMILES string of the molecule is COc1ccc(CN=C(NCC(=O)N(C)C)N2CCCC(C)C2)cc1. The zero-order valence-corrected chi connectivity index (χ0v) is 15.8. The lowest BCUT2D eigenvalue weighted by Gasteiger charge is -2.33. The predicted molar refractivity (Wildman–Crippen MR) is 101 cm³/mol. The van der Waals surface area contributed by atoms with Crippen LogP contribution in [0.25, 0.3) is 0 Å². The summed E-state index contributed by atoms with van der Waals surface area (Å²) in [5.41, 5.74) is 1.11.